The maximum atomic E-state index is 13.0. The Balaban J connectivity index is 1.48. The lowest BCUT2D eigenvalue weighted by Crippen LogP contribution is -2.29. The highest BCUT2D eigenvalue weighted by molar-refractivity contribution is 7.92. The molecule has 1 aliphatic carbocycles. The Morgan fingerprint density at radius 2 is 1.74 bits per heavy atom. The summed E-state index contributed by atoms with van der Waals surface area (Å²) in [5, 5.41) is 4.36. The fourth-order valence-corrected chi connectivity index (χ4v) is 5.79. The fraction of sp³-hybridized carbons (Fsp3) is 0.200. The molecule has 158 valence electrons. The summed E-state index contributed by atoms with van der Waals surface area (Å²) in [7, 11) is -3.68. The standard InChI is InChI=1S/C25H23ClN2O2S/c1-16-5-11-19(12-6-16)28-31(29,30)20-13-14-24-23(15-20)21-3-2-4-22(21)25(27-24)17-7-9-18(26)10-8-17/h2-3,5-15,21-22,25,27-28H,4H2,1H3/t21-,22+,25+/m0/s1. The molecule has 31 heavy (non-hydrogen) atoms. The zero-order valence-corrected chi connectivity index (χ0v) is 18.6. The fourth-order valence-electron chi connectivity index (χ4n) is 4.58. The minimum atomic E-state index is -3.68. The Labute approximate surface area is 188 Å². The molecule has 2 N–H and O–H groups in total. The number of anilines is 2. The van der Waals surface area contributed by atoms with Gasteiger partial charge in [-0.3, -0.25) is 4.72 Å². The van der Waals surface area contributed by atoms with Gasteiger partial charge in [-0.2, -0.15) is 0 Å². The van der Waals surface area contributed by atoms with Crippen LogP contribution in [-0.2, 0) is 10.0 Å². The summed E-state index contributed by atoms with van der Waals surface area (Å²) >= 11 is 6.07. The molecule has 3 aromatic rings. The Morgan fingerprint density at radius 1 is 1.00 bits per heavy atom. The zero-order chi connectivity index (χ0) is 21.6. The number of hydrogen-bond acceptors (Lipinski definition) is 3. The highest BCUT2D eigenvalue weighted by Gasteiger charge is 2.38. The van der Waals surface area contributed by atoms with E-state index in [0.29, 0.717) is 11.6 Å². The number of aryl methyl sites for hydroxylation is 1. The Bertz CT molecular complexity index is 1250. The number of nitrogens with one attached hydrogen (secondary N) is 2. The molecule has 1 heterocycles. The van der Waals surface area contributed by atoms with Crippen LogP contribution in [-0.4, -0.2) is 8.42 Å². The summed E-state index contributed by atoms with van der Waals surface area (Å²) in [6, 6.07) is 20.8. The third kappa shape index (κ3) is 3.84. The Kier molecular flexibility index (Phi) is 5.03. The highest BCUT2D eigenvalue weighted by atomic mass is 35.5. The topological polar surface area (TPSA) is 58.2 Å². The van der Waals surface area contributed by atoms with E-state index in [1.165, 1.54) is 5.56 Å². The number of rotatable bonds is 4. The molecule has 0 spiro atoms. The third-order valence-electron chi connectivity index (χ3n) is 6.18. The second-order valence-electron chi connectivity index (χ2n) is 8.25. The average molecular weight is 451 g/mol. The molecule has 3 atom stereocenters. The molecule has 0 radical (unpaired) electrons. The van der Waals surface area contributed by atoms with E-state index in [-0.39, 0.29) is 16.9 Å². The van der Waals surface area contributed by atoms with Crippen LogP contribution in [0.4, 0.5) is 11.4 Å². The SMILES string of the molecule is Cc1ccc(NS(=O)(=O)c2ccc3c(c2)[C@H]2C=CC[C@H]2[C@@H](c2ccc(Cl)cc2)N3)cc1. The van der Waals surface area contributed by atoms with Crippen LogP contribution in [0.25, 0.3) is 0 Å². The minimum absolute atomic E-state index is 0.151. The lowest BCUT2D eigenvalue weighted by molar-refractivity contribution is 0.425. The van der Waals surface area contributed by atoms with Gasteiger partial charge in [0.25, 0.3) is 10.0 Å². The molecular formula is C25H23ClN2O2S. The zero-order valence-electron chi connectivity index (χ0n) is 17.0. The number of fused-ring (bicyclic) bond motifs is 3. The van der Waals surface area contributed by atoms with Gasteiger partial charge in [-0.1, -0.05) is 53.6 Å². The average Bonchev–Trinajstić information content (AvgIpc) is 3.25. The van der Waals surface area contributed by atoms with Crippen LogP contribution in [0, 0.1) is 12.8 Å². The molecule has 0 amide bonds. The minimum Gasteiger partial charge on any atom is -0.378 e. The van der Waals surface area contributed by atoms with Crippen LogP contribution in [0.1, 0.15) is 35.1 Å². The van der Waals surface area contributed by atoms with Gasteiger partial charge in [-0.15, -0.1) is 0 Å². The van der Waals surface area contributed by atoms with E-state index in [2.05, 4.69) is 34.3 Å². The summed E-state index contributed by atoms with van der Waals surface area (Å²) < 4.78 is 28.7. The van der Waals surface area contributed by atoms with E-state index in [1.54, 1.807) is 18.2 Å². The highest BCUT2D eigenvalue weighted by Crippen LogP contribution is 2.50. The van der Waals surface area contributed by atoms with Crippen molar-refractivity contribution in [3.05, 3.63) is 101 Å². The van der Waals surface area contributed by atoms with E-state index in [0.717, 1.165) is 28.3 Å². The molecular weight excluding hydrogens is 428 g/mol. The number of benzene rings is 3. The van der Waals surface area contributed by atoms with Crippen molar-refractivity contribution in [2.75, 3.05) is 10.0 Å². The molecule has 0 saturated carbocycles. The maximum absolute atomic E-state index is 13.0. The van der Waals surface area contributed by atoms with Crippen molar-refractivity contribution in [3.63, 3.8) is 0 Å². The summed E-state index contributed by atoms with van der Waals surface area (Å²) in [4.78, 5) is 0.276. The van der Waals surface area contributed by atoms with Gasteiger partial charge in [0, 0.05) is 22.3 Å². The van der Waals surface area contributed by atoms with Gasteiger partial charge >= 0.3 is 0 Å². The monoisotopic (exact) mass is 450 g/mol. The Morgan fingerprint density at radius 3 is 2.48 bits per heavy atom. The van der Waals surface area contributed by atoms with Gasteiger partial charge in [0.2, 0.25) is 0 Å². The van der Waals surface area contributed by atoms with Crippen molar-refractivity contribution in [2.24, 2.45) is 5.92 Å². The second-order valence-corrected chi connectivity index (χ2v) is 10.4. The van der Waals surface area contributed by atoms with Crippen molar-refractivity contribution < 1.29 is 8.42 Å². The predicted octanol–water partition coefficient (Wildman–Crippen LogP) is 6.28. The summed E-state index contributed by atoms with van der Waals surface area (Å²) in [6.07, 6.45) is 5.35. The van der Waals surface area contributed by atoms with Crippen LogP contribution < -0.4 is 10.0 Å². The normalized spacial score (nSPS) is 21.8. The molecule has 4 nitrogen and oxygen atoms in total. The first-order valence-electron chi connectivity index (χ1n) is 10.3. The van der Waals surface area contributed by atoms with Gasteiger partial charge in [-0.05, 0) is 72.9 Å². The van der Waals surface area contributed by atoms with Crippen LogP contribution in [0.15, 0.2) is 83.8 Å². The largest absolute Gasteiger partial charge is 0.378 e. The van der Waals surface area contributed by atoms with Crippen LogP contribution in [0.2, 0.25) is 5.02 Å². The number of hydrogen-bond donors (Lipinski definition) is 2. The molecule has 2 aliphatic rings. The summed E-state index contributed by atoms with van der Waals surface area (Å²) in [6.45, 7) is 1.97. The van der Waals surface area contributed by atoms with E-state index in [1.807, 2.05) is 43.3 Å². The van der Waals surface area contributed by atoms with Crippen molar-refractivity contribution in [2.45, 2.75) is 30.2 Å². The van der Waals surface area contributed by atoms with Crippen molar-refractivity contribution in [1.29, 1.82) is 0 Å². The molecule has 0 unspecified atom stereocenters. The number of allylic oxidation sites excluding steroid dienone is 2. The van der Waals surface area contributed by atoms with Crippen molar-refractivity contribution in [1.82, 2.24) is 0 Å². The quantitative estimate of drug-likeness (QED) is 0.460. The summed E-state index contributed by atoms with van der Waals surface area (Å²) in [5.74, 6) is 0.503. The smallest absolute Gasteiger partial charge is 0.261 e. The van der Waals surface area contributed by atoms with Gasteiger partial charge in [0.05, 0.1) is 10.9 Å². The Hall–Kier alpha value is -2.76. The predicted molar refractivity (Wildman–Crippen MR) is 126 cm³/mol. The van der Waals surface area contributed by atoms with E-state index < -0.39 is 10.0 Å². The van der Waals surface area contributed by atoms with E-state index in [4.69, 9.17) is 11.6 Å². The molecule has 5 rings (SSSR count). The number of halogens is 1. The number of sulfonamides is 1. The van der Waals surface area contributed by atoms with Gasteiger partial charge in [-0.25, -0.2) is 8.42 Å². The lowest BCUT2D eigenvalue weighted by Gasteiger charge is -2.37. The first kappa shape index (κ1) is 20.2. The van der Waals surface area contributed by atoms with Crippen LogP contribution in [0.3, 0.4) is 0 Å². The first-order chi connectivity index (χ1) is 14.9. The van der Waals surface area contributed by atoms with E-state index in [9.17, 15) is 8.42 Å². The lowest BCUT2D eigenvalue weighted by atomic mass is 9.77. The molecule has 0 bridgehead atoms. The molecule has 3 aromatic carbocycles. The van der Waals surface area contributed by atoms with Crippen LogP contribution >= 0.6 is 11.6 Å². The van der Waals surface area contributed by atoms with Gasteiger partial charge in [0.1, 0.15) is 0 Å². The molecule has 1 aliphatic heterocycles. The molecule has 6 heteroatoms. The maximum Gasteiger partial charge on any atom is 0.261 e. The molecule has 0 saturated heterocycles. The van der Waals surface area contributed by atoms with Crippen molar-refractivity contribution in [3.8, 4) is 0 Å². The third-order valence-corrected chi connectivity index (χ3v) is 7.81. The van der Waals surface area contributed by atoms with Crippen molar-refractivity contribution >= 4 is 33.0 Å². The van der Waals surface area contributed by atoms with Gasteiger partial charge < -0.3 is 5.32 Å². The first-order valence-corrected chi connectivity index (χ1v) is 12.2. The van der Waals surface area contributed by atoms with Gasteiger partial charge in [0.15, 0.2) is 0 Å². The molecule has 0 fully saturated rings. The summed E-state index contributed by atoms with van der Waals surface area (Å²) in [5.41, 5.74) is 4.82. The van der Waals surface area contributed by atoms with Crippen LogP contribution in [0.5, 0.6) is 0 Å². The second kappa shape index (κ2) is 7.74. The van der Waals surface area contributed by atoms with E-state index >= 15 is 0 Å². The molecule has 0 aromatic heterocycles.